The zero-order valence-corrected chi connectivity index (χ0v) is 16.9. The van der Waals surface area contributed by atoms with Crippen molar-refractivity contribution in [3.05, 3.63) is 65.0 Å². The first-order valence-corrected chi connectivity index (χ1v) is 11.3. The molecule has 2 aliphatic rings. The zero-order valence-electron chi connectivity index (χ0n) is 16.1. The number of benzene rings is 2. The van der Waals surface area contributed by atoms with E-state index in [-0.39, 0.29) is 24.8 Å². The van der Waals surface area contributed by atoms with Crippen LogP contribution in [0, 0.1) is 5.82 Å². The van der Waals surface area contributed by atoms with Gasteiger partial charge in [0.05, 0.1) is 0 Å². The standard InChI is InChI=1S/C21H22F4N2O2S/c22-16-9-4-14(5-10-16)6-11-17-12-27(30(28,29)21(23,24)25)13-19-18(15-7-8-15)2-1-3-20(19)26-17/h1-5,9-10,15,17,26H,6-8,11-13H2. The Morgan fingerprint density at radius 1 is 1.07 bits per heavy atom. The lowest BCUT2D eigenvalue weighted by Gasteiger charge is -2.25. The summed E-state index contributed by atoms with van der Waals surface area (Å²) < 4.78 is 78.2. The lowest BCUT2D eigenvalue weighted by molar-refractivity contribution is -0.0491. The fourth-order valence-corrected chi connectivity index (χ4v) is 4.90. The Morgan fingerprint density at radius 3 is 2.40 bits per heavy atom. The smallest absolute Gasteiger partial charge is 0.381 e. The van der Waals surface area contributed by atoms with E-state index in [1.165, 1.54) is 12.1 Å². The number of nitrogens with zero attached hydrogens (tertiary/aromatic N) is 1. The van der Waals surface area contributed by atoms with E-state index in [2.05, 4.69) is 5.32 Å². The second kappa shape index (κ2) is 7.85. The van der Waals surface area contributed by atoms with E-state index in [0.717, 1.165) is 24.0 Å². The number of alkyl halides is 3. The van der Waals surface area contributed by atoms with Crippen LogP contribution in [0.3, 0.4) is 0 Å². The largest absolute Gasteiger partial charge is 0.511 e. The van der Waals surface area contributed by atoms with Crippen molar-refractivity contribution in [2.24, 2.45) is 0 Å². The van der Waals surface area contributed by atoms with Crippen LogP contribution in [-0.2, 0) is 23.0 Å². The summed E-state index contributed by atoms with van der Waals surface area (Å²) in [5.74, 6) is -0.0942. The predicted octanol–water partition coefficient (Wildman–Crippen LogP) is 4.78. The van der Waals surface area contributed by atoms with E-state index in [1.807, 2.05) is 12.1 Å². The monoisotopic (exact) mass is 442 g/mol. The van der Waals surface area contributed by atoms with Gasteiger partial charge in [0, 0.05) is 24.8 Å². The summed E-state index contributed by atoms with van der Waals surface area (Å²) >= 11 is 0. The lowest BCUT2D eigenvalue weighted by Crippen LogP contribution is -2.44. The molecule has 1 fully saturated rings. The SMILES string of the molecule is O=S(=O)(N1Cc2c(cccc2C2CC2)NC(CCc2ccc(F)cc2)C1)C(F)(F)F. The molecule has 4 nitrogen and oxygen atoms in total. The van der Waals surface area contributed by atoms with E-state index in [9.17, 15) is 26.0 Å². The number of fused-ring (bicyclic) bond motifs is 1. The van der Waals surface area contributed by atoms with Crippen LogP contribution in [0.25, 0.3) is 0 Å². The Kier molecular flexibility index (Phi) is 5.52. The molecule has 2 aromatic rings. The first-order valence-electron chi connectivity index (χ1n) is 9.84. The van der Waals surface area contributed by atoms with Gasteiger partial charge in [0.2, 0.25) is 0 Å². The Balaban J connectivity index is 1.64. The minimum Gasteiger partial charge on any atom is -0.381 e. The van der Waals surface area contributed by atoms with Gasteiger partial charge in [-0.25, -0.2) is 12.8 Å². The van der Waals surface area contributed by atoms with Crippen molar-refractivity contribution in [2.75, 3.05) is 11.9 Å². The zero-order chi connectivity index (χ0) is 21.5. The molecule has 1 aliphatic carbocycles. The quantitative estimate of drug-likeness (QED) is 0.678. The molecule has 9 heteroatoms. The fraction of sp³-hybridized carbons (Fsp3) is 0.429. The van der Waals surface area contributed by atoms with Gasteiger partial charge < -0.3 is 5.32 Å². The van der Waals surface area contributed by atoms with Gasteiger partial charge in [-0.3, -0.25) is 0 Å². The molecule has 30 heavy (non-hydrogen) atoms. The lowest BCUT2D eigenvalue weighted by atomic mass is 10.0. The molecule has 1 aliphatic heterocycles. The van der Waals surface area contributed by atoms with Gasteiger partial charge in [-0.1, -0.05) is 24.3 Å². The van der Waals surface area contributed by atoms with E-state index in [1.54, 1.807) is 18.2 Å². The Hall–Kier alpha value is -2.13. The number of halogens is 4. The number of aryl methyl sites for hydroxylation is 1. The summed E-state index contributed by atoms with van der Waals surface area (Å²) in [6.45, 7) is -0.592. The molecular formula is C21H22F4N2O2S. The van der Waals surface area contributed by atoms with Gasteiger partial charge >= 0.3 is 15.5 Å². The number of hydrogen-bond acceptors (Lipinski definition) is 3. The molecule has 4 rings (SSSR count). The highest BCUT2D eigenvalue weighted by Crippen LogP contribution is 2.45. The van der Waals surface area contributed by atoms with Gasteiger partial charge in [0.25, 0.3) is 0 Å². The van der Waals surface area contributed by atoms with Gasteiger partial charge in [-0.15, -0.1) is 0 Å². The summed E-state index contributed by atoms with van der Waals surface area (Å²) in [5.41, 5.74) is -2.30. The molecule has 1 N–H and O–H groups in total. The van der Waals surface area contributed by atoms with Gasteiger partial charge in [0.1, 0.15) is 5.82 Å². The molecule has 0 bridgehead atoms. The van der Waals surface area contributed by atoms with Crippen LogP contribution >= 0.6 is 0 Å². The van der Waals surface area contributed by atoms with Crippen LogP contribution in [0.4, 0.5) is 23.2 Å². The third-order valence-corrected chi connectivity index (χ3v) is 7.22. The second-order valence-corrected chi connectivity index (χ2v) is 9.83. The highest BCUT2D eigenvalue weighted by Gasteiger charge is 2.51. The van der Waals surface area contributed by atoms with Crippen LogP contribution in [-0.4, -0.2) is 30.8 Å². The van der Waals surface area contributed by atoms with Crippen molar-refractivity contribution in [3.8, 4) is 0 Å². The van der Waals surface area contributed by atoms with Gasteiger partial charge in [-0.05, 0) is 66.5 Å². The molecule has 1 unspecified atom stereocenters. The maximum absolute atomic E-state index is 13.3. The van der Waals surface area contributed by atoms with Crippen molar-refractivity contribution in [1.29, 1.82) is 0 Å². The van der Waals surface area contributed by atoms with Gasteiger partial charge in [-0.2, -0.15) is 17.5 Å². The normalized spacial score (nSPS) is 20.3. The number of sulfonamides is 1. The first kappa shape index (κ1) is 21.1. The number of nitrogens with one attached hydrogen (secondary N) is 1. The maximum atomic E-state index is 13.3. The maximum Gasteiger partial charge on any atom is 0.511 e. The first-order chi connectivity index (χ1) is 14.1. The number of hydrogen-bond donors (Lipinski definition) is 1. The average molecular weight is 442 g/mol. The third-order valence-electron chi connectivity index (χ3n) is 5.67. The molecular weight excluding hydrogens is 420 g/mol. The molecule has 0 spiro atoms. The number of anilines is 1. The van der Waals surface area contributed by atoms with E-state index < -0.39 is 21.6 Å². The second-order valence-electron chi connectivity index (χ2n) is 7.90. The van der Waals surface area contributed by atoms with Crippen LogP contribution < -0.4 is 5.32 Å². The average Bonchev–Trinajstić information content (AvgIpc) is 3.52. The third kappa shape index (κ3) is 4.32. The van der Waals surface area contributed by atoms with Crippen LogP contribution in [0.2, 0.25) is 0 Å². The topological polar surface area (TPSA) is 49.4 Å². The summed E-state index contributed by atoms with van der Waals surface area (Å²) in [6.07, 6.45) is 2.80. The molecule has 0 saturated heterocycles. The van der Waals surface area contributed by atoms with Crippen molar-refractivity contribution in [1.82, 2.24) is 4.31 Å². The molecule has 0 radical (unpaired) electrons. The van der Waals surface area contributed by atoms with Crippen LogP contribution in [0.1, 0.15) is 41.9 Å². The molecule has 1 atom stereocenters. The summed E-state index contributed by atoms with van der Waals surface area (Å²) in [5, 5.41) is 3.27. The Labute approximate surface area is 172 Å². The van der Waals surface area contributed by atoms with Crippen LogP contribution in [0.15, 0.2) is 42.5 Å². The summed E-state index contributed by atoms with van der Waals surface area (Å²) in [4.78, 5) is 0. The molecule has 0 aromatic heterocycles. The minimum atomic E-state index is -5.47. The Morgan fingerprint density at radius 2 is 1.77 bits per heavy atom. The van der Waals surface area contributed by atoms with Crippen molar-refractivity contribution in [2.45, 2.75) is 49.7 Å². The predicted molar refractivity (Wildman–Crippen MR) is 106 cm³/mol. The van der Waals surface area contributed by atoms with E-state index >= 15 is 0 Å². The summed E-state index contributed by atoms with van der Waals surface area (Å²) in [7, 11) is -5.47. The molecule has 162 valence electrons. The fourth-order valence-electron chi connectivity index (χ4n) is 3.93. The number of rotatable bonds is 5. The van der Waals surface area contributed by atoms with Crippen LogP contribution in [0.5, 0.6) is 0 Å². The van der Waals surface area contributed by atoms with Gasteiger partial charge in [0.15, 0.2) is 0 Å². The highest BCUT2D eigenvalue weighted by molar-refractivity contribution is 7.89. The highest BCUT2D eigenvalue weighted by atomic mass is 32.2. The Bertz CT molecular complexity index is 1020. The van der Waals surface area contributed by atoms with E-state index in [4.69, 9.17) is 0 Å². The van der Waals surface area contributed by atoms with Crippen molar-refractivity contribution >= 4 is 15.7 Å². The van der Waals surface area contributed by atoms with E-state index in [0.29, 0.717) is 28.4 Å². The molecule has 2 aromatic carbocycles. The van der Waals surface area contributed by atoms with Crippen molar-refractivity contribution < 1.29 is 26.0 Å². The summed E-state index contributed by atoms with van der Waals surface area (Å²) in [6, 6.07) is 10.9. The molecule has 1 saturated carbocycles. The minimum absolute atomic E-state index is 0.271. The van der Waals surface area contributed by atoms with Crippen molar-refractivity contribution in [3.63, 3.8) is 0 Å². The molecule has 1 heterocycles. The molecule has 0 amide bonds.